The normalized spacial score (nSPS) is 21.7. The number of ether oxygens (including phenoxy) is 3. The van der Waals surface area contributed by atoms with Gasteiger partial charge in [0.05, 0.1) is 18.8 Å². The molecule has 2 aliphatic rings. The Hall–Kier alpha value is -3.56. The summed E-state index contributed by atoms with van der Waals surface area (Å²) in [5.41, 5.74) is 5.90. The van der Waals surface area contributed by atoms with Gasteiger partial charge in [-0.05, 0) is 72.8 Å². The van der Waals surface area contributed by atoms with Gasteiger partial charge in [0.25, 0.3) is 5.91 Å². The molecular weight excluding hydrogens is 568 g/mol. The van der Waals surface area contributed by atoms with Crippen LogP contribution in [0.3, 0.4) is 0 Å². The molecule has 0 radical (unpaired) electrons. The molecule has 45 heavy (non-hydrogen) atoms. The first-order valence-electron chi connectivity index (χ1n) is 16.2. The highest BCUT2D eigenvalue weighted by atomic mass is 16.7. The fourth-order valence-electron chi connectivity index (χ4n) is 6.18. The molecule has 2 fully saturated rings. The summed E-state index contributed by atoms with van der Waals surface area (Å²) in [6.45, 7) is 6.28. The average molecular weight is 615 g/mol. The molecule has 0 saturated carbocycles. The van der Waals surface area contributed by atoms with Crippen molar-refractivity contribution in [3.63, 3.8) is 0 Å². The van der Waals surface area contributed by atoms with Gasteiger partial charge in [0.2, 0.25) is 0 Å². The van der Waals surface area contributed by atoms with Crippen LogP contribution < -0.4 is 5.32 Å². The fourth-order valence-corrected chi connectivity index (χ4v) is 6.18. The third kappa shape index (κ3) is 9.47. The summed E-state index contributed by atoms with van der Waals surface area (Å²) in [4.78, 5) is 26.1. The van der Waals surface area contributed by atoms with Gasteiger partial charge in [-0.1, -0.05) is 79.9 Å². The molecule has 3 aromatic rings. The van der Waals surface area contributed by atoms with E-state index in [1.54, 1.807) is 6.92 Å². The quantitative estimate of drug-likeness (QED) is 0.262. The molecule has 2 heterocycles. The number of rotatable bonds is 10. The van der Waals surface area contributed by atoms with Crippen molar-refractivity contribution in [3.8, 4) is 11.1 Å². The summed E-state index contributed by atoms with van der Waals surface area (Å²) in [7, 11) is 0. The minimum atomic E-state index is -0.845. The molecule has 5 rings (SSSR count). The molecule has 2 saturated heterocycles. The highest BCUT2D eigenvalue weighted by molar-refractivity contribution is 5.82. The lowest BCUT2D eigenvalue weighted by Crippen LogP contribution is -2.40. The summed E-state index contributed by atoms with van der Waals surface area (Å²) in [6.07, 6.45) is 5.69. The molecule has 8 nitrogen and oxygen atoms in total. The number of hydrogen-bond donors (Lipinski definition) is 2. The molecule has 0 bridgehead atoms. The van der Waals surface area contributed by atoms with E-state index in [9.17, 15) is 14.7 Å². The Kier molecular flexibility index (Phi) is 11.8. The van der Waals surface area contributed by atoms with E-state index in [2.05, 4.69) is 46.6 Å². The summed E-state index contributed by atoms with van der Waals surface area (Å²) < 4.78 is 18.3. The maximum Gasteiger partial charge on any atom is 0.303 e. The molecule has 3 aromatic carbocycles. The number of carbonyl (C=O) groups excluding carboxylic acids is 2. The maximum absolute atomic E-state index is 12.3. The first-order chi connectivity index (χ1) is 21.9. The van der Waals surface area contributed by atoms with Crippen LogP contribution in [0.15, 0.2) is 72.8 Å². The van der Waals surface area contributed by atoms with E-state index >= 15 is 0 Å². The number of aliphatic hydroxyl groups excluding tert-OH is 1. The van der Waals surface area contributed by atoms with Crippen LogP contribution in [-0.4, -0.2) is 53.7 Å². The van der Waals surface area contributed by atoms with E-state index in [4.69, 9.17) is 14.2 Å². The van der Waals surface area contributed by atoms with E-state index in [1.165, 1.54) is 39.0 Å². The van der Waals surface area contributed by atoms with Crippen molar-refractivity contribution in [1.82, 2.24) is 10.2 Å². The standard InChI is InChI=1S/C37H46N2O6/c1-26(43-27(2)41)36(42)38-23-29-10-8-11-31(20-29)32-12-9-13-33(21-32)37-44-34(24-39-18-6-4-3-5-7-19-39)22-35(45-37)30-16-14-28(25-40)15-17-30/h8-17,20-21,26,34-35,37,40H,3-7,18-19,22-25H2,1-2H3,(H,38,42)/t26-,34+,35-,37-/m0/s1. The SMILES string of the molecule is CC(=O)O[C@@H](C)C(=O)NCc1cccc(-c2cccc([C@H]3O[C@@H](CN4CCCCCCC4)C[C@@H](c4ccc(CO)cc4)O3)c2)c1. The highest BCUT2D eigenvalue weighted by Crippen LogP contribution is 2.39. The third-order valence-electron chi connectivity index (χ3n) is 8.62. The third-order valence-corrected chi connectivity index (χ3v) is 8.62. The van der Waals surface area contributed by atoms with Crippen LogP contribution in [0.2, 0.25) is 0 Å². The van der Waals surface area contributed by atoms with Crippen molar-refractivity contribution in [3.05, 3.63) is 95.1 Å². The van der Waals surface area contributed by atoms with Crippen LogP contribution in [0, 0.1) is 0 Å². The first-order valence-corrected chi connectivity index (χ1v) is 16.2. The van der Waals surface area contributed by atoms with Gasteiger partial charge >= 0.3 is 5.97 Å². The van der Waals surface area contributed by atoms with Crippen LogP contribution in [0.25, 0.3) is 11.1 Å². The first kappa shape index (κ1) is 32.8. The summed E-state index contributed by atoms with van der Waals surface area (Å²) in [5.74, 6) is -0.824. The van der Waals surface area contributed by atoms with Crippen LogP contribution >= 0.6 is 0 Å². The van der Waals surface area contributed by atoms with E-state index in [1.807, 2.05) is 36.4 Å². The molecule has 0 spiro atoms. The molecular formula is C37H46N2O6. The zero-order valence-corrected chi connectivity index (χ0v) is 26.5. The molecule has 1 amide bonds. The molecule has 0 aromatic heterocycles. The van der Waals surface area contributed by atoms with Crippen molar-refractivity contribution in [2.75, 3.05) is 19.6 Å². The van der Waals surface area contributed by atoms with Crippen LogP contribution in [0.5, 0.6) is 0 Å². The van der Waals surface area contributed by atoms with Gasteiger partial charge in [-0.25, -0.2) is 0 Å². The van der Waals surface area contributed by atoms with Crippen molar-refractivity contribution in [2.24, 2.45) is 0 Å². The van der Waals surface area contributed by atoms with E-state index < -0.39 is 18.4 Å². The van der Waals surface area contributed by atoms with E-state index in [-0.39, 0.29) is 24.7 Å². The molecule has 4 atom stereocenters. The Morgan fingerprint density at radius 2 is 1.58 bits per heavy atom. The van der Waals surface area contributed by atoms with Crippen molar-refractivity contribution >= 4 is 11.9 Å². The predicted molar refractivity (Wildman–Crippen MR) is 173 cm³/mol. The average Bonchev–Trinajstić information content (AvgIpc) is 3.04. The van der Waals surface area contributed by atoms with Gasteiger partial charge in [-0.3, -0.25) is 9.59 Å². The number of hydrogen-bond acceptors (Lipinski definition) is 7. The Balaban J connectivity index is 1.33. The van der Waals surface area contributed by atoms with E-state index in [0.717, 1.165) is 59.4 Å². The van der Waals surface area contributed by atoms with Gasteiger partial charge in [0.1, 0.15) is 0 Å². The van der Waals surface area contributed by atoms with Gasteiger partial charge in [0.15, 0.2) is 12.4 Å². The summed E-state index contributed by atoms with van der Waals surface area (Å²) >= 11 is 0. The van der Waals surface area contributed by atoms with Crippen LogP contribution in [0.4, 0.5) is 0 Å². The van der Waals surface area contributed by atoms with Gasteiger partial charge in [0, 0.05) is 32.0 Å². The monoisotopic (exact) mass is 614 g/mol. The number of benzene rings is 3. The number of aliphatic hydroxyl groups is 1. The van der Waals surface area contributed by atoms with Crippen molar-refractivity contribution in [2.45, 2.75) is 90.1 Å². The molecule has 0 aliphatic carbocycles. The Morgan fingerprint density at radius 3 is 2.29 bits per heavy atom. The number of amides is 1. The Labute approximate surface area is 266 Å². The molecule has 2 aliphatic heterocycles. The second kappa shape index (κ2) is 16.1. The van der Waals surface area contributed by atoms with Gasteiger partial charge < -0.3 is 29.5 Å². The van der Waals surface area contributed by atoms with Crippen molar-refractivity contribution in [1.29, 1.82) is 0 Å². The second-order valence-corrected chi connectivity index (χ2v) is 12.2. The number of carbonyl (C=O) groups is 2. The number of likely N-dealkylation sites (tertiary alicyclic amines) is 1. The van der Waals surface area contributed by atoms with E-state index in [0.29, 0.717) is 6.54 Å². The highest BCUT2D eigenvalue weighted by Gasteiger charge is 2.33. The van der Waals surface area contributed by atoms with Gasteiger partial charge in [-0.15, -0.1) is 0 Å². The zero-order chi connectivity index (χ0) is 31.6. The summed E-state index contributed by atoms with van der Waals surface area (Å²) in [6, 6.07) is 24.3. The molecule has 2 N–H and O–H groups in total. The van der Waals surface area contributed by atoms with Crippen LogP contribution in [0.1, 0.15) is 87.0 Å². The lowest BCUT2D eigenvalue weighted by Gasteiger charge is -2.39. The Bertz CT molecular complexity index is 1400. The maximum atomic E-state index is 12.3. The number of nitrogens with zero attached hydrogens (tertiary/aromatic N) is 1. The minimum absolute atomic E-state index is 0.0168. The topological polar surface area (TPSA) is 97.3 Å². The zero-order valence-electron chi connectivity index (χ0n) is 26.5. The van der Waals surface area contributed by atoms with Crippen molar-refractivity contribution < 1.29 is 28.9 Å². The van der Waals surface area contributed by atoms with Gasteiger partial charge in [-0.2, -0.15) is 0 Å². The largest absolute Gasteiger partial charge is 0.453 e. The van der Waals surface area contributed by atoms with Crippen LogP contribution in [-0.2, 0) is 37.0 Å². The molecule has 0 unspecified atom stereocenters. The smallest absolute Gasteiger partial charge is 0.303 e. The second-order valence-electron chi connectivity index (χ2n) is 12.2. The minimum Gasteiger partial charge on any atom is -0.453 e. The molecule has 8 heteroatoms. The lowest BCUT2D eigenvalue weighted by atomic mass is 9.98. The lowest BCUT2D eigenvalue weighted by molar-refractivity contribution is -0.253. The summed E-state index contributed by atoms with van der Waals surface area (Å²) in [5, 5.41) is 12.4. The fraction of sp³-hybridized carbons (Fsp3) is 0.459. The predicted octanol–water partition coefficient (Wildman–Crippen LogP) is 6.23. The Morgan fingerprint density at radius 1 is 0.889 bits per heavy atom. The number of nitrogens with one attached hydrogen (secondary N) is 1. The number of esters is 1. The molecule has 240 valence electrons.